The van der Waals surface area contributed by atoms with Crippen molar-refractivity contribution in [1.29, 1.82) is 0 Å². The number of rotatable bonds is 11. The summed E-state index contributed by atoms with van der Waals surface area (Å²) in [7, 11) is 1.49. The number of aromatic nitrogens is 1. The molecule has 0 bridgehead atoms. The lowest BCUT2D eigenvalue weighted by atomic mass is 10.1. The van der Waals surface area contributed by atoms with Crippen LogP contribution in [0, 0.1) is 5.82 Å². The number of aliphatic hydroxyl groups excluding tert-OH is 1. The molecular formula is C27H31ClFN5O5. The van der Waals surface area contributed by atoms with E-state index in [0.29, 0.717) is 11.4 Å². The maximum absolute atomic E-state index is 13.7. The van der Waals surface area contributed by atoms with Gasteiger partial charge in [0.25, 0.3) is 0 Å². The second-order valence-electron chi connectivity index (χ2n) is 8.97. The minimum Gasteiger partial charge on any atom is -0.447 e. The second-order valence-corrected chi connectivity index (χ2v) is 9.35. The molecule has 208 valence electrons. The van der Waals surface area contributed by atoms with Crippen molar-refractivity contribution >= 4 is 46.2 Å². The Bertz CT molecular complexity index is 1310. The predicted octanol–water partition coefficient (Wildman–Crippen LogP) is 4.06. The molecule has 0 spiro atoms. The van der Waals surface area contributed by atoms with Gasteiger partial charge >= 0.3 is 12.1 Å². The molecule has 0 radical (unpaired) electrons. The van der Waals surface area contributed by atoms with Crippen molar-refractivity contribution in [2.24, 2.45) is 0 Å². The average Bonchev–Trinajstić information content (AvgIpc) is 2.92. The van der Waals surface area contributed by atoms with Crippen LogP contribution in [-0.4, -0.2) is 65.4 Å². The molecule has 4 N–H and O–H groups in total. The van der Waals surface area contributed by atoms with Crippen LogP contribution in [0.15, 0.2) is 54.7 Å². The molecule has 1 aromatic heterocycles. The van der Waals surface area contributed by atoms with Gasteiger partial charge in [-0.25, -0.2) is 19.0 Å². The van der Waals surface area contributed by atoms with Gasteiger partial charge in [-0.3, -0.25) is 10.1 Å². The van der Waals surface area contributed by atoms with Crippen LogP contribution in [0.4, 0.5) is 19.8 Å². The Morgan fingerprint density at radius 3 is 2.62 bits per heavy atom. The summed E-state index contributed by atoms with van der Waals surface area (Å²) in [5.41, 5.74) is 0.394. The number of nitrogens with one attached hydrogen (secondary N) is 3. The van der Waals surface area contributed by atoms with Crippen molar-refractivity contribution in [1.82, 2.24) is 20.5 Å². The van der Waals surface area contributed by atoms with E-state index in [9.17, 15) is 23.9 Å². The van der Waals surface area contributed by atoms with Crippen LogP contribution < -0.4 is 16.0 Å². The topological polar surface area (TPSA) is 133 Å². The molecule has 2 atom stereocenters. The first-order chi connectivity index (χ1) is 18.6. The number of aliphatic hydroxyl groups is 1. The number of carbonyl (C=O) groups excluding carboxylic acids is 3. The molecular weight excluding hydrogens is 529 g/mol. The van der Waals surface area contributed by atoms with Gasteiger partial charge in [-0.05, 0) is 36.4 Å². The highest BCUT2D eigenvalue weighted by Gasteiger charge is 2.23. The van der Waals surface area contributed by atoms with E-state index in [4.69, 9.17) is 16.3 Å². The lowest BCUT2D eigenvalue weighted by molar-refractivity contribution is -0.121. The van der Waals surface area contributed by atoms with E-state index in [2.05, 4.69) is 20.9 Å². The minimum atomic E-state index is -0.776. The molecule has 4 amide bonds. The molecule has 2 aromatic carbocycles. The maximum Gasteiger partial charge on any atom is 0.412 e. The van der Waals surface area contributed by atoms with Gasteiger partial charge in [0.1, 0.15) is 18.2 Å². The molecule has 1 heterocycles. The Kier molecular flexibility index (Phi) is 10.8. The number of benzene rings is 2. The molecule has 0 saturated heterocycles. The third kappa shape index (κ3) is 9.08. The van der Waals surface area contributed by atoms with E-state index in [1.54, 1.807) is 25.3 Å². The third-order valence-electron chi connectivity index (χ3n) is 5.90. The molecule has 3 rings (SSSR count). The Balaban J connectivity index is 1.61. The summed E-state index contributed by atoms with van der Waals surface area (Å²) in [6.07, 6.45) is 0.327. The van der Waals surface area contributed by atoms with Gasteiger partial charge < -0.3 is 25.4 Å². The Hall–Kier alpha value is -3.96. The van der Waals surface area contributed by atoms with Crippen LogP contribution in [0.2, 0.25) is 5.02 Å². The van der Waals surface area contributed by atoms with Gasteiger partial charge in [-0.15, -0.1) is 0 Å². The number of halogens is 2. The summed E-state index contributed by atoms with van der Waals surface area (Å²) in [6, 6.07) is 12.3. The number of nitrogens with zero attached hydrogens (tertiary/aromatic N) is 2. The number of likely N-dealkylation sites (N-methyl/N-ethyl adjacent to an activating group) is 1. The van der Waals surface area contributed by atoms with Gasteiger partial charge in [0, 0.05) is 38.1 Å². The van der Waals surface area contributed by atoms with E-state index in [-0.39, 0.29) is 43.5 Å². The maximum atomic E-state index is 13.7. The molecule has 39 heavy (non-hydrogen) atoms. The predicted molar refractivity (Wildman–Crippen MR) is 146 cm³/mol. The lowest BCUT2D eigenvalue weighted by Gasteiger charge is -2.28. The van der Waals surface area contributed by atoms with Gasteiger partial charge in [0.15, 0.2) is 0 Å². The summed E-state index contributed by atoms with van der Waals surface area (Å²) in [5, 5.41) is 18.9. The van der Waals surface area contributed by atoms with Crippen LogP contribution in [0.5, 0.6) is 0 Å². The summed E-state index contributed by atoms with van der Waals surface area (Å²) < 4.78 is 19.1. The van der Waals surface area contributed by atoms with Crippen molar-refractivity contribution in [3.8, 4) is 0 Å². The molecule has 0 aliphatic carbocycles. The van der Waals surface area contributed by atoms with Gasteiger partial charge in [0.05, 0.1) is 17.2 Å². The molecule has 0 fully saturated rings. The fraction of sp³-hybridized carbons (Fsp3) is 0.333. The molecule has 0 aliphatic heterocycles. The first-order valence-electron chi connectivity index (χ1n) is 12.3. The second kappa shape index (κ2) is 14.3. The molecule has 0 unspecified atom stereocenters. The Morgan fingerprint density at radius 1 is 1.13 bits per heavy atom. The van der Waals surface area contributed by atoms with Crippen LogP contribution in [0.3, 0.4) is 0 Å². The fourth-order valence-corrected chi connectivity index (χ4v) is 3.84. The summed E-state index contributed by atoms with van der Waals surface area (Å²) in [5.74, 6) is -0.630. The first-order valence-corrected chi connectivity index (χ1v) is 12.7. The zero-order valence-electron chi connectivity index (χ0n) is 21.6. The number of fused-ring (bicyclic) bond motifs is 1. The zero-order valence-corrected chi connectivity index (χ0v) is 22.4. The van der Waals surface area contributed by atoms with E-state index in [1.165, 1.54) is 24.1 Å². The fourth-order valence-electron chi connectivity index (χ4n) is 3.65. The number of amides is 4. The number of carbonyl (C=O) groups is 3. The van der Waals surface area contributed by atoms with E-state index < -0.39 is 30.1 Å². The lowest BCUT2D eigenvalue weighted by Crippen LogP contribution is -2.46. The normalized spacial score (nSPS) is 12.3. The Labute approximate surface area is 230 Å². The smallest absolute Gasteiger partial charge is 0.412 e. The summed E-state index contributed by atoms with van der Waals surface area (Å²) in [6.45, 7) is 1.39. The minimum absolute atomic E-state index is 0.0158. The number of pyridine rings is 1. The number of urea groups is 1. The van der Waals surface area contributed by atoms with E-state index in [0.717, 1.165) is 10.8 Å². The number of hydrogen-bond acceptors (Lipinski definition) is 6. The monoisotopic (exact) mass is 559 g/mol. The highest BCUT2D eigenvalue weighted by Crippen LogP contribution is 2.20. The van der Waals surface area contributed by atoms with Crippen molar-refractivity contribution in [3.05, 3.63) is 71.1 Å². The molecule has 0 aliphatic rings. The zero-order chi connectivity index (χ0) is 28.4. The molecule has 3 aromatic rings. The number of anilines is 1. The highest BCUT2D eigenvalue weighted by molar-refractivity contribution is 6.31. The van der Waals surface area contributed by atoms with Crippen LogP contribution in [0.1, 0.15) is 25.3 Å². The highest BCUT2D eigenvalue weighted by atomic mass is 35.5. The van der Waals surface area contributed by atoms with Crippen molar-refractivity contribution < 1.29 is 28.6 Å². The molecule has 0 saturated carbocycles. The Morgan fingerprint density at radius 2 is 1.87 bits per heavy atom. The van der Waals surface area contributed by atoms with Crippen LogP contribution in [0.25, 0.3) is 10.8 Å². The van der Waals surface area contributed by atoms with E-state index >= 15 is 0 Å². The van der Waals surface area contributed by atoms with Gasteiger partial charge in [0.2, 0.25) is 5.91 Å². The largest absolute Gasteiger partial charge is 0.447 e. The first kappa shape index (κ1) is 29.6. The van der Waals surface area contributed by atoms with Gasteiger partial charge in [-0.1, -0.05) is 48.0 Å². The summed E-state index contributed by atoms with van der Waals surface area (Å²) in [4.78, 5) is 43.0. The van der Waals surface area contributed by atoms with Crippen LogP contribution in [-0.2, 0) is 16.1 Å². The van der Waals surface area contributed by atoms with Crippen molar-refractivity contribution in [2.75, 3.05) is 25.5 Å². The van der Waals surface area contributed by atoms with Crippen LogP contribution >= 0.6 is 11.6 Å². The number of hydrogen-bond donors (Lipinski definition) is 4. The average molecular weight is 560 g/mol. The SMILES string of the molecule is C[C@@H](O)CNC(=O)CC[C@@H](COC(=O)Nc1cc2ccccc2cn1)N(C)C(=O)NCc1cccc(F)c1Cl. The van der Waals surface area contributed by atoms with Crippen molar-refractivity contribution in [3.63, 3.8) is 0 Å². The molecule has 10 nitrogen and oxygen atoms in total. The van der Waals surface area contributed by atoms with E-state index in [1.807, 2.05) is 24.3 Å². The molecule has 12 heteroatoms. The van der Waals surface area contributed by atoms with Crippen molar-refractivity contribution in [2.45, 2.75) is 38.5 Å². The standard InChI is InChI=1S/C27H31ClFN5O5/c1-17(35)13-31-24(36)11-10-21(34(2)26(37)32-15-20-8-5-9-22(29)25(20)28)16-39-27(38)33-23-12-18-6-3-4-7-19(18)14-30-23/h3-9,12,14,17,21,35H,10-11,13,15-16H2,1-2H3,(H,31,36)(H,32,37)(H,30,33,38)/t17-,21+/m1/s1. The van der Waals surface area contributed by atoms with Gasteiger partial charge in [-0.2, -0.15) is 0 Å². The third-order valence-corrected chi connectivity index (χ3v) is 6.32. The number of ether oxygens (including phenoxy) is 1. The summed E-state index contributed by atoms with van der Waals surface area (Å²) >= 11 is 5.97. The quantitative estimate of drug-likeness (QED) is 0.280.